The fourth-order valence-corrected chi connectivity index (χ4v) is 5.62. The van der Waals surface area contributed by atoms with Gasteiger partial charge in [-0.3, -0.25) is 9.59 Å². The van der Waals surface area contributed by atoms with Crippen molar-refractivity contribution in [3.63, 3.8) is 0 Å². The highest BCUT2D eigenvalue weighted by molar-refractivity contribution is 7.91. The molecule has 0 radical (unpaired) electrons. The van der Waals surface area contributed by atoms with E-state index in [0.717, 1.165) is 5.56 Å². The van der Waals surface area contributed by atoms with E-state index in [1.165, 1.54) is 12.1 Å². The number of aryl methyl sites for hydroxylation is 1. The van der Waals surface area contributed by atoms with Crippen molar-refractivity contribution in [1.82, 2.24) is 4.98 Å². The predicted octanol–water partition coefficient (Wildman–Crippen LogP) is 5.19. The molecule has 8 heteroatoms. The van der Waals surface area contributed by atoms with E-state index in [1.54, 1.807) is 31.2 Å². The molecule has 1 heterocycles. The highest BCUT2D eigenvalue weighted by Crippen LogP contribution is 2.41. The number of nitrogens with zero attached hydrogens (tertiary/aromatic N) is 1. The number of rotatable bonds is 7. The van der Waals surface area contributed by atoms with Gasteiger partial charge in [-0.1, -0.05) is 49.7 Å². The van der Waals surface area contributed by atoms with E-state index in [1.807, 2.05) is 31.2 Å². The molecule has 0 bridgehead atoms. The minimum Gasteiger partial charge on any atom is -0.310 e. The number of halogens is 1. The summed E-state index contributed by atoms with van der Waals surface area (Å²) >= 11 is 6.04. The Morgan fingerprint density at radius 3 is 2.34 bits per heavy atom. The van der Waals surface area contributed by atoms with Gasteiger partial charge in [-0.25, -0.2) is 13.4 Å². The first-order valence-corrected chi connectivity index (χ1v) is 13.6. The number of amides is 1. The number of Topliss-reactive ketones (excluding diaryl/α,β-unsaturated/α-hetero) is 1. The zero-order chi connectivity index (χ0) is 25.2. The van der Waals surface area contributed by atoms with Crippen molar-refractivity contribution in [2.75, 3.05) is 11.1 Å². The van der Waals surface area contributed by atoms with Crippen LogP contribution in [0.15, 0.2) is 65.6 Å². The maximum Gasteiger partial charge on any atom is 0.229 e. The summed E-state index contributed by atoms with van der Waals surface area (Å²) in [6.45, 7) is 3.61. The number of hydrogen-bond acceptors (Lipinski definition) is 5. The summed E-state index contributed by atoms with van der Waals surface area (Å²) in [6, 6.07) is 17.2. The maximum atomic E-state index is 13.5. The molecule has 1 aromatic heterocycles. The summed E-state index contributed by atoms with van der Waals surface area (Å²) in [6.07, 6.45) is 2.01. The molecule has 1 amide bonds. The minimum atomic E-state index is -3.28. The summed E-state index contributed by atoms with van der Waals surface area (Å²) in [5, 5.41) is 3.42. The molecular formula is C27H27ClN2O4S. The number of pyridine rings is 1. The Bertz CT molecular complexity index is 1370. The normalized spacial score (nSPS) is 17.6. The molecule has 1 aliphatic rings. The first kappa shape index (κ1) is 25.1. The van der Waals surface area contributed by atoms with E-state index in [-0.39, 0.29) is 28.8 Å². The zero-order valence-corrected chi connectivity index (χ0v) is 21.2. The summed E-state index contributed by atoms with van der Waals surface area (Å²) in [7, 11) is -3.28. The molecule has 1 aliphatic carbocycles. The first-order valence-electron chi connectivity index (χ1n) is 11.6. The molecule has 1 unspecified atom stereocenters. The number of aromatic nitrogens is 1. The third-order valence-electron chi connectivity index (χ3n) is 6.74. The van der Waals surface area contributed by atoms with Gasteiger partial charge >= 0.3 is 0 Å². The van der Waals surface area contributed by atoms with Gasteiger partial charge in [0.15, 0.2) is 15.6 Å². The van der Waals surface area contributed by atoms with Crippen LogP contribution in [0.2, 0.25) is 5.02 Å². The van der Waals surface area contributed by atoms with Gasteiger partial charge in [0, 0.05) is 10.6 Å². The predicted molar refractivity (Wildman–Crippen MR) is 137 cm³/mol. The third kappa shape index (κ3) is 5.02. The summed E-state index contributed by atoms with van der Waals surface area (Å²) in [5.41, 5.74) is 2.30. The minimum absolute atomic E-state index is 0.0262. The second kappa shape index (κ2) is 9.91. The van der Waals surface area contributed by atoms with Gasteiger partial charge in [-0.15, -0.1) is 0 Å². The van der Waals surface area contributed by atoms with Gasteiger partial charge in [0.1, 0.15) is 5.82 Å². The molecule has 1 atom stereocenters. The van der Waals surface area contributed by atoms with Gasteiger partial charge < -0.3 is 5.32 Å². The van der Waals surface area contributed by atoms with Crippen molar-refractivity contribution in [2.24, 2.45) is 0 Å². The van der Waals surface area contributed by atoms with Crippen molar-refractivity contribution in [3.8, 4) is 0 Å². The number of hydrogen-bond donors (Lipinski definition) is 1. The van der Waals surface area contributed by atoms with Gasteiger partial charge in [0.25, 0.3) is 0 Å². The number of sulfone groups is 1. The average molecular weight is 511 g/mol. The number of ketones is 1. The Labute approximate surface area is 210 Å². The van der Waals surface area contributed by atoms with Crippen LogP contribution in [0.4, 0.5) is 5.82 Å². The van der Waals surface area contributed by atoms with E-state index in [9.17, 15) is 18.0 Å². The van der Waals surface area contributed by atoms with Crippen LogP contribution in [0.1, 0.15) is 53.9 Å². The van der Waals surface area contributed by atoms with Crippen LogP contribution in [-0.2, 0) is 32.9 Å². The lowest BCUT2D eigenvalue weighted by Crippen LogP contribution is -2.40. The highest BCUT2D eigenvalue weighted by atomic mass is 35.5. The molecule has 182 valence electrons. The first-order chi connectivity index (χ1) is 16.7. The molecule has 1 N–H and O–H groups in total. The molecular weight excluding hydrogens is 484 g/mol. The maximum absolute atomic E-state index is 13.5. The Morgan fingerprint density at radius 1 is 1.03 bits per heavy atom. The monoisotopic (exact) mass is 510 g/mol. The van der Waals surface area contributed by atoms with Crippen LogP contribution in [0.25, 0.3) is 0 Å². The lowest BCUT2D eigenvalue weighted by atomic mass is 9.66. The van der Waals surface area contributed by atoms with Crippen molar-refractivity contribution >= 4 is 38.9 Å². The number of benzene rings is 2. The molecule has 6 nitrogen and oxygen atoms in total. The van der Waals surface area contributed by atoms with Crippen LogP contribution in [0, 0.1) is 0 Å². The van der Waals surface area contributed by atoms with Gasteiger partial charge in [-0.2, -0.15) is 0 Å². The fraction of sp³-hybridized carbons (Fsp3) is 0.296. The number of carbonyl (C=O) groups excluding carboxylic acids is 2. The van der Waals surface area contributed by atoms with Crippen molar-refractivity contribution in [1.29, 1.82) is 0 Å². The molecule has 0 fully saturated rings. The molecule has 0 saturated carbocycles. The second-order valence-corrected chi connectivity index (χ2v) is 11.4. The molecule has 0 spiro atoms. The van der Waals surface area contributed by atoms with E-state index in [0.29, 0.717) is 46.9 Å². The quantitative estimate of drug-likeness (QED) is 0.472. The van der Waals surface area contributed by atoms with E-state index < -0.39 is 15.3 Å². The Morgan fingerprint density at radius 2 is 1.71 bits per heavy atom. The lowest BCUT2D eigenvalue weighted by molar-refractivity contribution is -0.115. The molecule has 0 aliphatic heterocycles. The van der Waals surface area contributed by atoms with Gasteiger partial charge in [0.2, 0.25) is 5.91 Å². The number of carbonyl (C=O) groups is 2. The lowest BCUT2D eigenvalue weighted by Gasteiger charge is -2.36. The van der Waals surface area contributed by atoms with E-state index in [2.05, 4.69) is 10.3 Å². The van der Waals surface area contributed by atoms with Crippen LogP contribution in [0.3, 0.4) is 0 Å². The van der Waals surface area contributed by atoms with Crippen molar-refractivity contribution in [3.05, 3.63) is 88.1 Å². The summed E-state index contributed by atoms with van der Waals surface area (Å²) < 4.78 is 23.9. The third-order valence-corrected chi connectivity index (χ3v) is 8.74. The van der Waals surface area contributed by atoms with E-state index in [4.69, 9.17) is 11.6 Å². The molecule has 4 rings (SSSR count). The number of fused-ring (bicyclic) bond motifs is 1. The fourth-order valence-electron chi connectivity index (χ4n) is 4.61. The smallest absolute Gasteiger partial charge is 0.229 e. The zero-order valence-electron chi connectivity index (χ0n) is 19.7. The SMILES string of the molecule is CCC1(c2ccc(Cl)cc2)CCc2nc(NC(=O)Cc3ccc(S(=O)(=O)CC)cc3)ccc2C1=O. The average Bonchev–Trinajstić information content (AvgIpc) is 2.85. The van der Waals surface area contributed by atoms with Crippen molar-refractivity contribution in [2.45, 2.75) is 49.8 Å². The number of anilines is 1. The Hall–Kier alpha value is -3.03. The highest BCUT2D eigenvalue weighted by Gasteiger charge is 2.43. The van der Waals surface area contributed by atoms with Crippen LogP contribution < -0.4 is 5.32 Å². The Balaban J connectivity index is 1.48. The standard InChI is InChI=1S/C27H27ClN2O4S/c1-3-27(19-7-9-20(28)10-8-19)16-15-23-22(26(27)32)13-14-24(29-23)30-25(31)17-18-5-11-21(12-6-18)35(33,34)4-2/h5-14H,3-4,15-17H2,1-2H3,(H,29,30,31). The Kier molecular flexibility index (Phi) is 7.10. The topological polar surface area (TPSA) is 93.2 Å². The molecule has 2 aromatic carbocycles. The van der Waals surface area contributed by atoms with Gasteiger partial charge in [0.05, 0.1) is 28.2 Å². The molecule has 35 heavy (non-hydrogen) atoms. The summed E-state index contributed by atoms with van der Waals surface area (Å²) in [4.78, 5) is 30.9. The largest absolute Gasteiger partial charge is 0.310 e. The molecule has 0 saturated heterocycles. The van der Waals surface area contributed by atoms with Crippen LogP contribution in [-0.4, -0.2) is 30.8 Å². The molecule has 3 aromatic rings. The van der Waals surface area contributed by atoms with Gasteiger partial charge in [-0.05, 0) is 66.8 Å². The van der Waals surface area contributed by atoms with E-state index >= 15 is 0 Å². The number of nitrogens with one attached hydrogen (secondary N) is 1. The second-order valence-electron chi connectivity index (χ2n) is 8.73. The summed E-state index contributed by atoms with van der Waals surface area (Å²) in [5.74, 6) is 0.186. The van der Waals surface area contributed by atoms with Crippen molar-refractivity contribution < 1.29 is 18.0 Å². The van der Waals surface area contributed by atoms with Crippen LogP contribution >= 0.6 is 11.6 Å². The van der Waals surface area contributed by atoms with Crippen LogP contribution in [0.5, 0.6) is 0 Å².